The molecule has 1 aliphatic rings. The Morgan fingerprint density at radius 2 is 2.03 bits per heavy atom. The van der Waals surface area contributed by atoms with Crippen LogP contribution in [-0.4, -0.2) is 52.4 Å². The summed E-state index contributed by atoms with van der Waals surface area (Å²) in [4.78, 5) is 5.04. The molecular weight excluding hydrogens is 452 g/mol. The second-order valence-corrected chi connectivity index (χ2v) is 10.9. The molecule has 4 aromatic rings. The van der Waals surface area contributed by atoms with Gasteiger partial charge in [0.05, 0.1) is 32.5 Å². The van der Waals surface area contributed by atoms with E-state index in [4.69, 9.17) is 15.5 Å². The zero-order valence-corrected chi connectivity index (χ0v) is 20.3. The fourth-order valence-corrected chi connectivity index (χ4v) is 6.00. The van der Waals surface area contributed by atoms with Crippen molar-refractivity contribution in [2.24, 2.45) is 13.0 Å². The van der Waals surface area contributed by atoms with Crippen LogP contribution in [0, 0.1) is 5.92 Å². The predicted molar refractivity (Wildman–Crippen MR) is 133 cm³/mol. The third-order valence-corrected chi connectivity index (χ3v) is 7.98. The predicted octanol–water partition coefficient (Wildman–Crippen LogP) is 3.60. The first-order chi connectivity index (χ1) is 16.2. The topological polar surface area (TPSA) is 118 Å². The molecular formula is C24H28N6O3S. The molecule has 1 atom stereocenters. The highest BCUT2D eigenvalue weighted by molar-refractivity contribution is 7.91. The summed E-state index contributed by atoms with van der Waals surface area (Å²) in [7, 11) is -1.70. The molecule has 0 amide bonds. The number of pyridine rings is 1. The van der Waals surface area contributed by atoms with E-state index < -0.39 is 9.84 Å². The molecule has 9 nitrogen and oxygen atoms in total. The number of sulfone groups is 1. The van der Waals surface area contributed by atoms with Crippen LogP contribution in [0.2, 0.25) is 0 Å². The third-order valence-electron chi connectivity index (χ3n) is 6.85. The lowest BCUT2D eigenvalue weighted by atomic mass is 9.92. The first-order valence-electron chi connectivity index (χ1n) is 11.2. The second-order valence-electron chi connectivity index (χ2n) is 8.95. The average Bonchev–Trinajstić information content (AvgIpc) is 3.36. The number of aromatic nitrogens is 5. The van der Waals surface area contributed by atoms with E-state index in [-0.39, 0.29) is 10.9 Å². The number of fused-ring (bicyclic) bond motifs is 3. The maximum Gasteiger partial charge on any atom is 0.177 e. The Balaban J connectivity index is 1.89. The van der Waals surface area contributed by atoms with E-state index >= 15 is 0 Å². The van der Waals surface area contributed by atoms with Crippen LogP contribution in [0.15, 0.2) is 35.9 Å². The number of nitrogens with zero attached hydrogens (tertiary/aromatic N) is 5. The fourth-order valence-electron chi connectivity index (χ4n) is 5.13. The van der Waals surface area contributed by atoms with Crippen molar-refractivity contribution in [1.82, 2.24) is 24.5 Å². The summed E-state index contributed by atoms with van der Waals surface area (Å²) in [6.07, 6.45) is 6.45. The van der Waals surface area contributed by atoms with E-state index in [1.807, 2.05) is 13.1 Å². The van der Waals surface area contributed by atoms with Crippen molar-refractivity contribution in [3.63, 3.8) is 0 Å². The first kappa shape index (κ1) is 22.5. The normalized spacial score (nSPS) is 16.3. The van der Waals surface area contributed by atoms with Gasteiger partial charge in [-0.25, -0.2) is 13.1 Å². The lowest BCUT2D eigenvalue weighted by Crippen LogP contribution is -2.24. The molecule has 1 saturated heterocycles. The van der Waals surface area contributed by atoms with Gasteiger partial charge in [0.1, 0.15) is 5.69 Å². The third kappa shape index (κ3) is 3.48. The van der Waals surface area contributed by atoms with Gasteiger partial charge in [0.25, 0.3) is 0 Å². The van der Waals surface area contributed by atoms with Gasteiger partial charge in [-0.3, -0.25) is 4.98 Å². The van der Waals surface area contributed by atoms with Gasteiger partial charge < -0.3 is 15.0 Å². The molecule has 0 unspecified atom stereocenters. The quantitative estimate of drug-likeness (QED) is 0.434. The zero-order chi connectivity index (χ0) is 24.2. The van der Waals surface area contributed by atoms with Crippen LogP contribution >= 0.6 is 0 Å². The molecule has 1 aliphatic heterocycles. The molecule has 0 spiro atoms. The highest BCUT2D eigenvalue weighted by Gasteiger charge is 2.29. The zero-order valence-electron chi connectivity index (χ0n) is 19.5. The number of anilines is 1. The fraction of sp³-hybridized carbons (Fsp3) is 0.375. The Kier molecular flexibility index (Phi) is 5.44. The Hall–Kier alpha value is -3.24. The van der Waals surface area contributed by atoms with E-state index in [0.29, 0.717) is 46.9 Å². The highest BCUT2D eigenvalue weighted by Crippen LogP contribution is 2.42. The molecule has 0 saturated carbocycles. The van der Waals surface area contributed by atoms with Crippen LogP contribution in [0.4, 0.5) is 5.69 Å². The van der Waals surface area contributed by atoms with Crippen molar-refractivity contribution in [3.05, 3.63) is 36.7 Å². The lowest BCUT2D eigenvalue weighted by Gasteiger charge is -2.30. The SMILES string of the molecule is C=Cc1nnn(C)c1-c1cnc2c3c(N)ccc(S(C)(=O)=O)c3n([C@H](C)C3CCOCC3)c2c1. The molecule has 1 fully saturated rings. The van der Waals surface area contributed by atoms with Crippen LogP contribution in [0.25, 0.3) is 39.3 Å². The minimum Gasteiger partial charge on any atom is -0.398 e. The smallest absolute Gasteiger partial charge is 0.177 e. The Morgan fingerprint density at radius 1 is 1.29 bits per heavy atom. The van der Waals surface area contributed by atoms with Crippen molar-refractivity contribution < 1.29 is 13.2 Å². The highest BCUT2D eigenvalue weighted by atomic mass is 32.2. The number of hydrogen-bond acceptors (Lipinski definition) is 7. The number of hydrogen-bond donors (Lipinski definition) is 1. The number of ether oxygens (including phenoxy) is 1. The Morgan fingerprint density at radius 3 is 2.71 bits per heavy atom. The van der Waals surface area contributed by atoms with Crippen LogP contribution in [-0.2, 0) is 21.6 Å². The van der Waals surface area contributed by atoms with Gasteiger partial charge in [0, 0.05) is 50.0 Å². The van der Waals surface area contributed by atoms with Crippen molar-refractivity contribution in [1.29, 1.82) is 0 Å². The summed E-state index contributed by atoms with van der Waals surface area (Å²) in [5.74, 6) is 0.326. The molecule has 10 heteroatoms. The largest absolute Gasteiger partial charge is 0.398 e. The number of nitrogen functional groups attached to an aromatic ring is 1. The van der Waals surface area contributed by atoms with Gasteiger partial charge in [-0.15, -0.1) is 5.10 Å². The summed E-state index contributed by atoms with van der Waals surface area (Å²) >= 11 is 0. The summed E-state index contributed by atoms with van der Waals surface area (Å²) in [5, 5.41) is 8.96. The van der Waals surface area contributed by atoms with Gasteiger partial charge >= 0.3 is 0 Å². The molecule has 0 radical (unpaired) electrons. The van der Waals surface area contributed by atoms with Crippen molar-refractivity contribution >= 4 is 43.5 Å². The Bertz CT molecular complexity index is 1530. The van der Waals surface area contributed by atoms with Gasteiger partial charge in [0.2, 0.25) is 0 Å². The summed E-state index contributed by atoms with van der Waals surface area (Å²) in [5.41, 5.74) is 11.3. The second kappa shape index (κ2) is 8.21. The van der Waals surface area contributed by atoms with Gasteiger partial charge in [-0.05, 0) is 50.0 Å². The molecule has 2 N–H and O–H groups in total. The monoisotopic (exact) mass is 480 g/mol. The maximum atomic E-state index is 12.8. The number of rotatable bonds is 5. The standard InChI is InChI=1S/C24H28N6O3S/c1-5-18-23(29(3)28-27-18)16-12-19-22(26-13-16)21-17(25)6-7-20(34(4,31)32)24(21)30(19)14(2)15-8-10-33-11-9-15/h5-7,12-15H,1,8-11,25H2,2-4H3/t14-/m1/s1. The molecule has 3 aromatic heterocycles. The van der Waals surface area contributed by atoms with Crippen molar-refractivity contribution in [2.45, 2.75) is 30.7 Å². The molecule has 0 bridgehead atoms. The Labute approximate surface area is 198 Å². The van der Waals surface area contributed by atoms with Gasteiger partial charge in [0.15, 0.2) is 9.84 Å². The lowest BCUT2D eigenvalue weighted by molar-refractivity contribution is 0.0524. The number of nitrogens with two attached hydrogens (primary N) is 1. The van der Waals surface area contributed by atoms with Crippen LogP contribution in [0.3, 0.4) is 0 Å². The molecule has 34 heavy (non-hydrogen) atoms. The first-order valence-corrected chi connectivity index (χ1v) is 13.1. The van der Waals surface area contributed by atoms with Crippen molar-refractivity contribution in [3.8, 4) is 11.3 Å². The van der Waals surface area contributed by atoms with Crippen molar-refractivity contribution in [2.75, 3.05) is 25.2 Å². The molecule has 5 rings (SSSR count). The average molecular weight is 481 g/mol. The minimum atomic E-state index is -3.52. The van der Waals surface area contributed by atoms with E-state index in [0.717, 1.165) is 29.6 Å². The molecule has 0 aliphatic carbocycles. The van der Waals surface area contributed by atoms with Gasteiger partial charge in [-0.2, -0.15) is 0 Å². The maximum absolute atomic E-state index is 12.8. The summed E-state index contributed by atoms with van der Waals surface area (Å²) < 4.78 is 35.1. The van der Waals surface area contributed by atoms with E-state index in [9.17, 15) is 8.42 Å². The van der Waals surface area contributed by atoms with E-state index in [2.05, 4.69) is 28.4 Å². The number of aryl methyl sites for hydroxylation is 1. The molecule has 1 aromatic carbocycles. The van der Waals surface area contributed by atoms with Crippen LogP contribution in [0.5, 0.6) is 0 Å². The summed E-state index contributed by atoms with van der Waals surface area (Å²) in [6.45, 7) is 7.37. The van der Waals surface area contributed by atoms with E-state index in [1.54, 1.807) is 29.1 Å². The minimum absolute atomic E-state index is 0.00628. The molecule has 178 valence electrons. The summed E-state index contributed by atoms with van der Waals surface area (Å²) in [6, 6.07) is 5.28. The van der Waals surface area contributed by atoms with Gasteiger partial charge in [-0.1, -0.05) is 11.8 Å². The van der Waals surface area contributed by atoms with Crippen LogP contribution < -0.4 is 5.73 Å². The van der Waals surface area contributed by atoms with E-state index in [1.165, 1.54) is 6.26 Å². The number of benzene rings is 1. The van der Waals surface area contributed by atoms with Crippen LogP contribution in [0.1, 0.15) is 31.5 Å². The molecule has 4 heterocycles.